The molecule has 0 fully saturated rings. The highest BCUT2D eigenvalue weighted by molar-refractivity contribution is 9.11. The zero-order valence-electron chi connectivity index (χ0n) is 10.3. The first-order valence-corrected chi connectivity index (χ1v) is 7.22. The Balaban J connectivity index is 1.97. The standard InChI is InChI=1S/C12H15BrN2O2S/c1-8-5-10(18-12(8)13)9-6-15-11(17-9)7-14-3-4-16-2/h5-6,14H,3-4,7H2,1-2H3. The van der Waals surface area contributed by atoms with Gasteiger partial charge in [0.25, 0.3) is 0 Å². The minimum absolute atomic E-state index is 0.620. The molecule has 2 aromatic heterocycles. The Morgan fingerprint density at radius 2 is 2.39 bits per heavy atom. The maximum absolute atomic E-state index is 5.69. The maximum atomic E-state index is 5.69. The summed E-state index contributed by atoms with van der Waals surface area (Å²) in [6.45, 7) is 4.16. The van der Waals surface area contributed by atoms with Crippen LogP contribution in [0.1, 0.15) is 11.5 Å². The van der Waals surface area contributed by atoms with Crippen LogP contribution in [0.25, 0.3) is 10.6 Å². The highest BCUT2D eigenvalue weighted by Crippen LogP contribution is 2.34. The molecule has 0 unspecified atom stereocenters. The van der Waals surface area contributed by atoms with E-state index in [1.807, 2.05) is 0 Å². The Morgan fingerprint density at radius 3 is 3.06 bits per heavy atom. The summed E-state index contributed by atoms with van der Waals surface area (Å²) in [4.78, 5) is 5.34. The minimum atomic E-state index is 0.620. The van der Waals surface area contributed by atoms with Crippen molar-refractivity contribution in [3.05, 3.63) is 27.5 Å². The van der Waals surface area contributed by atoms with E-state index in [9.17, 15) is 0 Å². The van der Waals surface area contributed by atoms with Crippen LogP contribution in [0, 0.1) is 6.92 Å². The molecule has 2 heterocycles. The largest absolute Gasteiger partial charge is 0.438 e. The van der Waals surface area contributed by atoms with Crippen LogP contribution in [-0.4, -0.2) is 25.2 Å². The van der Waals surface area contributed by atoms with Crippen LogP contribution in [0.5, 0.6) is 0 Å². The van der Waals surface area contributed by atoms with Crippen LogP contribution in [0.2, 0.25) is 0 Å². The molecular weight excluding hydrogens is 316 g/mol. The van der Waals surface area contributed by atoms with Gasteiger partial charge in [0.2, 0.25) is 5.89 Å². The summed E-state index contributed by atoms with van der Waals surface area (Å²) in [6.07, 6.45) is 1.77. The zero-order chi connectivity index (χ0) is 13.0. The van der Waals surface area contributed by atoms with Gasteiger partial charge in [0.05, 0.1) is 28.0 Å². The number of thiophene rings is 1. The second kappa shape index (κ2) is 6.47. The van der Waals surface area contributed by atoms with Crippen molar-refractivity contribution in [3.63, 3.8) is 0 Å². The highest BCUT2D eigenvalue weighted by atomic mass is 79.9. The second-order valence-corrected chi connectivity index (χ2v) is 6.23. The average Bonchev–Trinajstić information content (AvgIpc) is 2.93. The summed E-state index contributed by atoms with van der Waals surface area (Å²) < 4.78 is 11.8. The summed E-state index contributed by atoms with van der Waals surface area (Å²) in [5.41, 5.74) is 1.21. The Labute approximate surface area is 118 Å². The number of aryl methyl sites for hydroxylation is 1. The fraction of sp³-hybridized carbons (Fsp3) is 0.417. The van der Waals surface area contributed by atoms with Gasteiger partial charge >= 0.3 is 0 Å². The van der Waals surface area contributed by atoms with Crippen LogP contribution >= 0.6 is 27.3 Å². The van der Waals surface area contributed by atoms with Crippen molar-refractivity contribution in [2.45, 2.75) is 13.5 Å². The number of nitrogens with one attached hydrogen (secondary N) is 1. The van der Waals surface area contributed by atoms with Crippen LogP contribution in [0.4, 0.5) is 0 Å². The molecule has 0 saturated carbocycles. The van der Waals surface area contributed by atoms with Crippen molar-refractivity contribution >= 4 is 27.3 Å². The minimum Gasteiger partial charge on any atom is -0.438 e. The summed E-state index contributed by atoms with van der Waals surface area (Å²) in [5.74, 6) is 1.51. The summed E-state index contributed by atoms with van der Waals surface area (Å²) in [5, 5.41) is 3.20. The monoisotopic (exact) mass is 330 g/mol. The van der Waals surface area contributed by atoms with E-state index in [1.54, 1.807) is 24.6 Å². The Bertz CT molecular complexity index is 490. The average molecular weight is 331 g/mol. The molecule has 0 aliphatic carbocycles. The number of aromatic nitrogens is 1. The molecule has 0 amide bonds. The van der Waals surface area contributed by atoms with Crippen LogP contribution < -0.4 is 5.32 Å². The fourth-order valence-corrected chi connectivity index (χ4v) is 2.94. The van der Waals surface area contributed by atoms with E-state index in [0.29, 0.717) is 19.0 Å². The molecule has 0 bridgehead atoms. The quantitative estimate of drug-likeness (QED) is 0.826. The topological polar surface area (TPSA) is 47.3 Å². The van der Waals surface area contributed by atoms with Crippen molar-refractivity contribution in [3.8, 4) is 10.6 Å². The molecule has 18 heavy (non-hydrogen) atoms. The number of oxazole rings is 1. The van der Waals surface area contributed by atoms with E-state index in [1.165, 1.54) is 5.56 Å². The molecule has 0 aliphatic heterocycles. The summed E-state index contributed by atoms with van der Waals surface area (Å²) in [7, 11) is 1.68. The molecule has 4 nitrogen and oxygen atoms in total. The predicted octanol–water partition coefficient (Wildman–Crippen LogP) is 3.21. The molecule has 6 heteroatoms. The molecule has 0 aromatic carbocycles. The number of hydrogen-bond acceptors (Lipinski definition) is 5. The number of rotatable bonds is 6. The first-order valence-electron chi connectivity index (χ1n) is 5.61. The summed E-state index contributed by atoms with van der Waals surface area (Å²) >= 11 is 5.16. The third kappa shape index (κ3) is 3.41. The molecule has 0 atom stereocenters. The lowest BCUT2D eigenvalue weighted by atomic mass is 10.3. The molecule has 2 rings (SSSR count). The Kier molecular flexibility index (Phi) is 4.94. The van der Waals surface area contributed by atoms with Crippen molar-refractivity contribution in [1.82, 2.24) is 10.3 Å². The van der Waals surface area contributed by atoms with Gasteiger partial charge < -0.3 is 14.5 Å². The molecule has 0 spiro atoms. The van der Waals surface area contributed by atoms with Crippen molar-refractivity contribution in [2.24, 2.45) is 0 Å². The first-order chi connectivity index (χ1) is 8.70. The molecule has 2 aromatic rings. The summed E-state index contributed by atoms with van der Waals surface area (Å²) in [6, 6.07) is 2.09. The molecule has 0 radical (unpaired) electrons. The van der Waals surface area contributed by atoms with Crippen LogP contribution in [0.3, 0.4) is 0 Å². The fourth-order valence-electron chi connectivity index (χ4n) is 1.46. The van der Waals surface area contributed by atoms with Crippen molar-refractivity contribution < 1.29 is 9.15 Å². The molecule has 98 valence electrons. The van der Waals surface area contributed by atoms with Gasteiger partial charge in [-0.2, -0.15) is 0 Å². The highest BCUT2D eigenvalue weighted by Gasteiger charge is 2.10. The first kappa shape index (κ1) is 13.7. The predicted molar refractivity (Wildman–Crippen MR) is 75.8 cm³/mol. The van der Waals surface area contributed by atoms with Gasteiger partial charge in [0, 0.05) is 13.7 Å². The molecular formula is C12H15BrN2O2S. The molecule has 0 saturated heterocycles. The third-order valence-electron chi connectivity index (χ3n) is 2.41. The molecule has 1 N–H and O–H groups in total. The van der Waals surface area contributed by atoms with E-state index in [-0.39, 0.29) is 0 Å². The number of hydrogen-bond donors (Lipinski definition) is 1. The van der Waals surface area contributed by atoms with E-state index < -0.39 is 0 Å². The number of nitrogens with zero attached hydrogens (tertiary/aromatic N) is 1. The van der Waals surface area contributed by atoms with Crippen molar-refractivity contribution in [1.29, 1.82) is 0 Å². The van der Waals surface area contributed by atoms with Gasteiger partial charge in [-0.3, -0.25) is 0 Å². The number of methoxy groups -OCH3 is 1. The SMILES string of the molecule is COCCNCc1ncc(-c2cc(C)c(Br)s2)o1. The van der Waals surface area contributed by atoms with E-state index in [2.05, 4.69) is 39.2 Å². The van der Waals surface area contributed by atoms with Crippen molar-refractivity contribution in [2.75, 3.05) is 20.3 Å². The lowest BCUT2D eigenvalue weighted by Gasteiger charge is -1.99. The molecule has 0 aliphatic rings. The normalized spacial score (nSPS) is 11.1. The lowest BCUT2D eigenvalue weighted by molar-refractivity contribution is 0.198. The second-order valence-electron chi connectivity index (χ2n) is 3.86. The smallest absolute Gasteiger partial charge is 0.208 e. The Morgan fingerprint density at radius 1 is 1.56 bits per heavy atom. The zero-order valence-corrected chi connectivity index (χ0v) is 12.7. The van der Waals surface area contributed by atoms with Gasteiger partial charge in [-0.1, -0.05) is 0 Å². The van der Waals surface area contributed by atoms with Gasteiger partial charge in [0.15, 0.2) is 5.76 Å². The van der Waals surface area contributed by atoms with Gasteiger partial charge in [-0.25, -0.2) is 4.98 Å². The maximum Gasteiger partial charge on any atom is 0.208 e. The number of halogens is 1. The van der Waals surface area contributed by atoms with Gasteiger partial charge in [0.1, 0.15) is 0 Å². The lowest BCUT2D eigenvalue weighted by Crippen LogP contribution is -2.18. The van der Waals surface area contributed by atoms with Gasteiger partial charge in [-0.05, 0) is 34.5 Å². The van der Waals surface area contributed by atoms with E-state index >= 15 is 0 Å². The third-order valence-corrected chi connectivity index (χ3v) is 4.56. The Hall–Kier alpha value is -0.690. The van der Waals surface area contributed by atoms with E-state index in [4.69, 9.17) is 9.15 Å². The number of ether oxygens (including phenoxy) is 1. The van der Waals surface area contributed by atoms with Crippen LogP contribution in [-0.2, 0) is 11.3 Å². The van der Waals surface area contributed by atoms with E-state index in [0.717, 1.165) is 21.0 Å². The van der Waals surface area contributed by atoms with Crippen LogP contribution in [0.15, 0.2) is 20.5 Å². The van der Waals surface area contributed by atoms with Gasteiger partial charge in [-0.15, -0.1) is 11.3 Å².